The third-order valence-electron chi connectivity index (χ3n) is 3.92. The number of halogens is 1. The molecule has 0 aromatic heterocycles. The number of nitrogens with zero attached hydrogens (tertiary/aromatic N) is 3. The molecule has 2 fully saturated rings. The normalized spacial score (nSPS) is 23.2. The molecule has 6 heteroatoms. The zero-order valence-electron chi connectivity index (χ0n) is 12.6. The van der Waals surface area contributed by atoms with Gasteiger partial charge in [-0.2, -0.15) is 0 Å². The molecule has 0 aromatic rings. The maximum atomic E-state index is 6.04. The monoisotopic (exact) mass is 396 g/mol. The number of likely N-dealkylation sites (tertiary alicyclic amines) is 1. The molecule has 2 saturated heterocycles. The lowest BCUT2D eigenvalue weighted by molar-refractivity contribution is 0.0673. The van der Waals surface area contributed by atoms with Crippen molar-refractivity contribution in [2.45, 2.75) is 26.2 Å². The van der Waals surface area contributed by atoms with Gasteiger partial charge >= 0.3 is 0 Å². The van der Waals surface area contributed by atoms with Crippen molar-refractivity contribution in [3.8, 4) is 0 Å². The number of guanidine groups is 1. The van der Waals surface area contributed by atoms with Crippen LogP contribution in [0.5, 0.6) is 0 Å². The molecule has 2 N–H and O–H groups in total. The van der Waals surface area contributed by atoms with Gasteiger partial charge in [-0.3, -0.25) is 4.99 Å². The minimum Gasteiger partial charge on any atom is -0.378 e. The van der Waals surface area contributed by atoms with E-state index >= 15 is 0 Å². The first kappa shape index (κ1) is 18.0. The molecule has 0 bridgehead atoms. The minimum absolute atomic E-state index is 0. The largest absolute Gasteiger partial charge is 0.378 e. The minimum atomic E-state index is 0. The van der Waals surface area contributed by atoms with Crippen LogP contribution in [0, 0.1) is 5.92 Å². The Morgan fingerprint density at radius 1 is 1.15 bits per heavy atom. The highest BCUT2D eigenvalue weighted by molar-refractivity contribution is 14.0. The molecule has 0 aromatic carbocycles. The van der Waals surface area contributed by atoms with Crippen LogP contribution in [-0.4, -0.2) is 68.2 Å². The Labute approximate surface area is 139 Å². The van der Waals surface area contributed by atoms with Crippen LogP contribution in [-0.2, 0) is 4.74 Å². The molecule has 1 unspecified atom stereocenters. The Morgan fingerprint density at radius 3 is 2.45 bits per heavy atom. The second kappa shape index (κ2) is 9.78. The van der Waals surface area contributed by atoms with Crippen molar-refractivity contribution in [1.29, 1.82) is 0 Å². The van der Waals surface area contributed by atoms with Crippen LogP contribution in [0.4, 0.5) is 0 Å². The lowest BCUT2D eigenvalue weighted by Crippen LogP contribution is -2.45. The van der Waals surface area contributed by atoms with Crippen LogP contribution in [0.1, 0.15) is 26.2 Å². The van der Waals surface area contributed by atoms with E-state index in [0.29, 0.717) is 11.9 Å². The highest BCUT2D eigenvalue weighted by Gasteiger charge is 2.15. The van der Waals surface area contributed by atoms with E-state index in [4.69, 9.17) is 10.5 Å². The second-order valence-electron chi connectivity index (χ2n) is 5.76. The van der Waals surface area contributed by atoms with E-state index in [0.717, 1.165) is 39.4 Å². The van der Waals surface area contributed by atoms with Gasteiger partial charge in [-0.15, -0.1) is 24.0 Å². The molecular formula is C14H29IN4O. The standard InChI is InChI=1S/C14H28N4O.HI/c1-13(12-17-5-3-2-4-6-17)11-16-14(15)18-7-9-19-10-8-18;/h13H,2-12H2,1H3,(H2,15,16);1H. The molecule has 2 aliphatic rings. The van der Waals surface area contributed by atoms with Gasteiger partial charge in [0.15, 0.2) is 5.96 Å². The van der Waals surface area contributed by atoms with E-state index in [-0.39, 0.29) is 24.0 Å². The third-order valence-corrected chi connectivity index (χ3v) is 3.92. The van der Waals surface area contributed by atoms with Crippen molar-refractivity contribution in [3.05, 3.63) is 0 Å². The van der Waals surface area contributed by atoms with Gasteiger partial charge in [0, 0.05) is 26.2 Å². The molecule has 0 aliphatic carbocycles. The van der Waals surface area contributed by atoms with E-state index in [1.165, 1.54) is 32.4 Å². The number of hydrogen-bond donors (Lipinski definition) is 1. The summed E-state index contributed by atoms with van der Waals surface area (Å²) in [7, 11) is 0. The zero-order chi connectivity index (χ0) is 13.5. The van der Waals surface area contributed by atoms with Gasteiger partial charge in [0.1, 0.15) is 0 Å². The maximum absolute atomic E-state index is 6.04. The van der Waals surface area contributed by atoms with Crippen molar-refractivity contribution in [1.82, 2.24) is 9.80 Å². The summed E-state index contributed by atoms with van der Waals surface area (Å²) >= 11 is 0. The molecule has 0 spiro atoms. The van der Waals surface area contributed by atoms with Crippen LogP contribution < -0.4 is 5.73 Å². The number of morpholine rings is 1. The predicted octanol–water partition coefficient (Wildman–Crippen LogP) is 1.37. The average molecular weight is 396 g/mol. The molecule has 0 saturated carbocycles. The number of hydrogen-bond acceptors (Lipinski definition) is 3. The van der Waals surface area contributed by atoms with E-state index in [1.807, 2.05) is 0 Å². The zero-order valence-corrected chi connectivity index (χ0v) is 14.9. The molecule has 1 atom stereocenters. The Kier molecular flexibility index (Phi) is 8.79. The molecule has 118 valence electrons. The van der Waals surface area contributed by atoms with Gasteiger partial charge < -0.3 is 20.3 Å². The lowest BCUT2D eigenvalue weighted by atomic mass is 10.1. The topological polar surface area (TPSA) is 54.1 Å². The SMILES string of the molecule is CC(CN=C(N)N1CCOCC1)CN1CCCCC1.I. The van der Waals surface area contributed by atoms with Crippen LogP contribution in [0.15, 0.2) is 4.99 Å². The summed E-state index contributed by atoms with van der Waals surface area (Å²) in [6.45, 7) is 10.0. The molecule has 0 amide bonds. The van der Waals surface area contributed by atoms with Crippen molar-refractivity contribution in [2.24, 2.45) is 16.6 Å². The van der Waals surface area contributed by atoms with Crippen LogP contribution in [0.2, 0.25) is 0 Å². The van der Waals surface area contributed by atoms with Gasteiger partial charge in [-0.25, -0.2) is 0 Å². The van der Waals surface area contributed by atoms with Crippen molar-refractivity contribution in [3.63, 3.8) is 0 Å². The van der Waals surface area contributed by atoms with Crippen molar-refractivity contribution < 1.29 is 4.74 Å². The number of ether oxygens (including phenoxy) is 1. The number of aliphatic imine (C=N–C) groups is 1. The van der Waals surface area contributed by atoms with Crippen LogP contribution in [0.3, 0.4) is 0 Å². The Bertz CT molecular complexity index is 289. The summed E-state index contributed by atoms with van der Waals surface area (Å²) in [4.78, 5) is 9.24. The Balaban J connectivity index is 0.00000200. The average Bonchev–Trinajstić information content (AvgIpc) is 2.47. The summed E-state index contributed by atoms with van der Waals surface area (Å²) in [5, 5.41) is 0. The molecule has 20 heavy (non-hydrogen) atoms. The highest BCUT2D eigenvalue weighted by Crippen LogP contribution is 2.11. The van der Waals surface area contributed by atoms with E-state index in [1.54, 1.807) is 0 Å². The molecule has 5 nitrogen and oxygen atoms in total. The van der Waals surface area contributed by atoms with Crippen molar-refractivity contribution in [2.75, 3.05) is 52.5 Å². The van der Waals surface area contributed by atoms with E-state index in [9.17, 15) is 0 Å². The summed E-state index contributed by atoms with van der Waals surface area (Å²) in [6, 6.07) is 0. The molecule has 0 radical (unpaired) electrons. The summed E-state index contributed by atoms with van der Waals surface area (Å²) < 4.78 is 5.32. The third kappa shape index (κ3) is 6.13. The van der Waals surface area contributed by atoms with Crippen LogP contribution >= 0.6 is 24.0 Å². The van der Waals surface area contributed by atoms with E-state index in [2.05, 4.69) is 21.7 Å². The van der Waals surface area contributed by atoms with Gasteiger partial charge in [-0.1, -0.05) is 13.3 Å². The second-order valence-corrected chi connectivity index (χ2v) is 5.76. The first-order valence-corrected chi connectivity index (χ1v) is 7.60. The van der Waals surface area contributed by atoms with Crippen molar-refractivity contribution >= 4 is 29.9 Å². The fraction of sp³-hybridized carbons (Fsp3) is 0.929. The Hall–Kier alpha value is -0.0800. The number of rotatable bonds is 4. The Morgan fingerprint density at radius 2 is 1.80 bits per heavy atom. The molecular weight excluding hydrogens is 367 g/mol. The smallest absolute Gasteiger partial charge is 0.191 e. The maximum Gasteiger partial charge on any atom is 0.191 e. The van der Waals surface area contributed by atoms with Crippen LogP contribution in [0.25, 0.3) is 0 Å². The highest BCUT2D eigenvalue weighted by atomic mass is 127. The number of piperidine rings is 1. The lowest BCUT2D eigenvalue weighted by Gasteiger charge is -2.29. The predicted molar refractivity (Wildman–Crippen MR) is 93.8 cm³/mol. The quantitative estimate of drug-likeness (QED) is 0.443. The first-order valence-electron chi connectivity index (χ1n) is 7.60. The molecule has 2 heterocycles. The fourth-order valence-corrected chi connectivity index (χ4v) is 2.78. The van der Waals surface area contributed by atoms with E-state index < -0.39 is 0 Å². The molecule has 2 rings (SSSR count). The van der Waals surface area contributed by atoms with Gasteiger partial charge in [0.25, 0.3) is 0 Å². The van der Waals surface area contributed by atoms with Gasteiger partial charge in [-0.05, 0) is 31.8 Å². The van der Waals surface area contributed by atoms with Gasteiger partial charge in [0.05, 0.1) is 13.2 Å². The summed E-state index contributed by atoms with van der Waals surface area (Å²) in [6.07, 6.45) is 4.10. The summed E-state index contributed by atoms with van der Waals surface area (Å²) in [5.74, 6) is 1.27. The fourth-order valence-electron chi connectivity index (χ4n) is 2.78. The number of nitrogens with two attached hydrogens (primary N) is 1. The summed E-state index contributed by atoms with van der Waals surface area (Å²) in [5.41, 5.74) is 6.04. The molecule has 2 aliphatic heterocycles. The van der Waals surface area contributed by atoms with Gasteiger partial charge in [0.2, 0.25) is 0 Å². The first-order chi connectivity index (χ1) is 9.25.